The minimum Gasteiger partial charge on any atom is -0.434 e. The zero-order valence-electron chi connectivity index (χ0n) is 11.2. The van der Waals surface area contributed by atoms with Crippen molar-refractivity contribution >= 4 is 37.5 Å². The quantitative estimate of drug-likeness (QED) is 0.666. The van der Waals surface area contributed by atoms with Gasteiger partial charge in [-0.1, -0.05) is 37.9 Å². The van der Waals surface area contributed by atoms with Crippen molar-refractivity contribution in [2.75, 3.05) is 5.32 Å². The van der Waals surface area contributed by atoms with E-state index in [0.29, 0.717) is 12.1 Å². The Morgan fingerprint density at radius 2 is 1.95 bits per heavy atom. The van der Waals surface area contributed by atoms with E-state index in [1.807, 2.05) is 25.1 Å². The molecule has 0 spiro atoms. The maximum atomic E-state index is 12.4. The molecule has 6 heteroatoms. The smallest absolute Gasteiger partial charge is 0.387 e. The fourth-order valence-electron chi connectivity index (χ4n) is 1.89. The maximum absolute atomic E-state index is 12.4. The maximum Gasteiger partial charge on any atom is 0.387 e. The van der Waals surface area contributed by atoms with Gasteiger partial charge in [0, 0.05) is 26.7 Å². The Hall–Kier alpha value is -1.14. The van der Waals surface area contributed by atoms with Crippen LogP contribution in [0.15, 0.2) is 45.3 Å². The number of hydrogen-bond acceptors (Lipinski definition) is 2. The molecule has 0 amide bonds. The van der Waals surface area contributed by atoms with Gasteiger partial charge in [0.05, 0.1) is 0 Å². The number of anilines is 1. The standard InChI is InChI=1S/C15H13Br2F2NO/c1-9-12(17)3-2-4-13(9)20-8-10-7-11(16)5-6-14(10)21-15(18)19/h2-7,15,20H,8H2,1H3. The molecular formula is C15H13Br2F2NO. The van der Waals surface area contributed by atoms with Gasteiger partial charge in [-0.25, -0.2) is 0 Å². The fraction of sp³-hybridized carbons (Fsp3) is 0.200. The molecule has 0 unspecified atom stereocenters. The van der Waals surface area contributed by atoms with Crippen LogP contribution in [0, 0.1) is 6.92 Å². The van der Waals surface area contributed by atoms with Crippen LogP contribution in [0.2, 0.25) is 0 Å². The Morgan fingerprint density at radius 3 is 2.67 bits per heavy atom. The third kappa shape index (κ3) is 4.41. The lowest BCUT2D eigenvalue weighted by atomic mass is 10.1. The predicted molar refractivity (Wildman–Crippen MR) is 87.0 cm³/mol. The summed E-state index contributed by atoms with van der Waals surface area (Å²) >= 11 is 6.80. The molecule has 112 valence electrons. The highest BCUT2D eigenvalue weighted by Gasteiger charge is 2.11. The van der Waals surface area contributed by atoms with Gasteiger partial charge in [-0.15, -0.1) is 0 Å². The van der Waals surface area contributed by atoms with Crippen molar-refractivity contribution in [3.63, 3.8) is 0 Å². The molecule has 0 aliphatic carbocycles. The fourth-order valence-corrected chi connectivity index (χ4v) is 2.66. The lowest BCUT2D eigenvalue weighted by molar-refractivity contribution is -0.0504. The first-order valence-electron chi connectivity index (χ1n) is 6.19. The second kappa shape index (κ2) is 7.22. The highest BCUT2D eigenvalue weighted by molar-refractivity contribution is 9.10. The van der Waals surface area contributed by atoms with Crippen molar-refractivity contribution in [1.82, 2.24) is 0 Å². The second-order valence-electron chi connectivity index (χ2n) is 4.40. The Bertz CT molecular complexity index is 635. The topological polar surface area (TPSA) is 21.3 Å². The van der Waals surface area contributed by atoms with Crippen molar-refractivity contribution < 1.29 is 13.5 Å². The van der Waals surface area contributed by atoms with E-state index in [0.717, 1.165) is 20.2 Å². The van der Waals surface area contributed by atoms with Crippen LogP contribution < -0.4 is 10.1 Å². The third-order valence-corrected chi connectivity index (χ3v) is 4.33. The largest absolute Gasteiger partial charge is 0.434 e. The number of rotatable bonds is 5. The van der Waals surface area contributed by atoms with E-state index in [2.05, 4.69) is 41.9 Å². The van der Waals surface area contributed by atoms with E-state index < -0.39 is 6.61 Å². The summed E-state index contributed by atoms with van der Waals surface area (Å²) in [6.07, 6.45) is 0. The van der Waals surface area contributed by atoms with Crippen LogP contribution in [0.25, 0.3) is 0 Å². The zero-order valence-corrected chi connectivity index (χ0v) is 14.3. The van der Waals surface area contributed by atoms with E-state index in [-0.39, 0.29) is 5.75 Å². The monoisotopic (exact) mass is 419 g/mol. The van der Waals surface area contributed by atoms with Crippen LogP contribution >= 0.6 is 31.9 Å². The average molecular weight is 421 g/mol. The van der Waals surface area contributed by atoms with E-state index in [4.69, 9.17) is 0 Å². The lowest BCUT2D eigenvalue weighted by Gasteiger charge is -2.14. The van der Waals surface area contributed by atoms with Crippen LogP contribution in [0.4, 0.5) is 14.5 Å². The van der Waals surface area contributed by atoms with Crippen LogP contribution in [0.3, 0.4) is 0 Å². The van der Waals surface area contributed by atoms with E-state index in [9.17, 15) is 8.78 Å². The molecule has 2 nitrogen and oxygen atoms in total. The average Bonchev–Trinajstić information content (AvgIpc) is 2.42. The summed E-state index contributed by atoms with van der Waals surface area (Å²) in [4.78, 5) is 0. The normalized spacial score (nSPS) is 10.8. The summed E-state index contributed by atoms with van der Waals surface area (Å²) in [6.45, 7) is -0.472. The predicted octanol–water partition coefficient (Wildman–Crippen LogP) is 5.73. The van der Waals surface area contributed by atoms with Gasteiger partial charge in [-0.2, -0.15) is 8.78 Å². The molecule has 0 aliphatic rings. The Kier molecular flexibility index (Phi) is 5.58. The first-order chi connectivity index (χ1) is 9.97. The molecular weight excluding hydrogens is 408 g/mol. The molecule has 2 rings (SSSR count). The number of halogens is 4. The Morgan fingerprint density at radius 1 is 1.19 bits per heavy atom. The van der Waals surface area contributed by atoms with Crippen LogP contribution in [-0.4, -0.2) is 6.61 Å². The molecule has 0 saturated carbocycles. The summed E-state index contributed by atoms with van der Waals surface area (Å²) in [6, 6.07) is 10.8. The summed E-state index contributed by atoms with van der Waals surface area (Å²) in [5.74, 6) is 0.174. The van der Waals surface area contributed by atoms with Crippen molar-refractivity contribution in [2.45, 2.75) is 20.1 Å². The number of benzene rings is 2. The van der Waals surface area contributed by atoms with Gasteiger partial charge < -0.3 is 10.1 Å². The van der Waals surface area contributed by atoms with Gasteiger partial charge in [0.15, 0.2) is 0 Å². The van der Waals surface area contributed by atoms with E-state index in [1.54, 1.807) is 12.1 Å². The summed E-state index contributed by atoms with van der Waals surface area (Å²) in [5, 5.41) is 3.24. The molecule has 21 heavy (non-hydrogen) atoms. The van der Waals surface area contributed by atoms with Gasteiger partial charge in [-0.05, 0) is 42.8 Å². The molecule has 0 aromatic heterocycles. The molecule has 0 heterocycles. The highest BCUT2D eigenvalue weighted by Crippen LogP contribution is 2.28. The first-order valence-corrected chi connectivity index (χ1v) is 7.78. The van der Waals surface area contributed by atoms with Crippen molar-refractivity contribution in [2.24, 2.45) is 0 Å². The number of alkyl halides is 2. The highest BCUT2D eigenvalue weighted by atomic mass is 79.9. The summed E-state index contributed by atoms with van der Waals surface area (Å²) < 4.78 is 31.2. The van der Waals surface area contributed by atoms with Crippen LogP contribution in [0.5, 0.6) is 5.75 Å². The van der Waals surface area contributed by atoms with Crippen LogP contribution in [-0.2, 0) is 6.54 Å². The number of nitrogens with one attached hydrogen (secondary N) is 1. The Balaban J connectivity index is 2.19. The molecule has 0 fully saturated rings. The molecule has 2 aromatic rings. The van der Waals surface area contributed by atoms with Gasteiger partial charge in [0.1, 0.15) is 5.75 Å². The van der Waals surface area contributed by atoms with Gasteiger partial charge in [0.25, 0.3) is 0 Å². The SMILES string of the molecule is Cc1c(Br)cccc1NCc1cc(Br)ccc1OC(F)F. The zero-order chi connectivity index (χ0) is 15.4. The Labute approximate surface area is 138 Å². The van der Waals surface area contributed by atoms with Crippen molar-refractivity contribution in [1.29, 1.82) is 0 Å². The molecule has 0 bridgehead atoms. The number of ether oxygens (including phenoxy) is 1. The summed E-state index contributed by atoms with van der Waals surface area (Å²) in [7, 11) is 0. The molecule has 0 aliphatic heterocycles. The molecule has 0 radical (unpaired) electrons. The number of hydrogen-bond donors (Lipinski definition) is 1. The minimum absolute atomic E-state index is 0.174. The third-order valence-electron chi connectivity index (χ3n) is 2.98. The van der Waals surface area contributed by atoms with E-state index in [1.165, 1.54) is 6.07 Å². The van der Waals surface area contributed by atoms with Gasteiger partial charge >= 0.3 is 6.61 Å². The summed E-state index contributed by atoms with van der Waals surface area (Å²) in [5.41, 5.74) is 2.65. The van der Waals surface area contributed by atoms with Crippen LogP contribution in [0.1, 0.15) is 11.1 Å². The minimum atomic E-state index is -2.84. The lowest BCUT2D eigenvalue weighted by Crippen LogP contribution is -2.07. The molecule has 2 aromatic carbocycles. The van der Waals surface area contributed by atoms with Gasteiger partial charge in [-0.3, -0.25) is 0 Å². The second-order valence-corrected chi connectivity index (χ2v) is 6.17. The molecule has 0 atom stereocenters. The van der Waals surface area contributed by atoms with Crippen molar-refractivity contribution in [3.05, 3.63) is 56.5 Å². The van der Waals surface area contributed by atoms with Gasteiger partial charge in [0.2, 0.25) is 0 Å². The molecule has 0 saturated heterocycles. The first kappa shape index (κ1) is 16.2. The molecule has 1 N–H and O–H groups in total. The van der Waals surface area contributed by atoms with Crippen molar-refractivity contribution in [3.8, 4) is 5.75 Å². The van der Waals surface area contributed by atoms with E-state index >= 15 is 0 Å².